The zero-order valence-electron chi connectivity index (χ0n) is 15.7. The molecule has 146 valence electrons. The molecule has 28 heavy (non-hydrogen) atoms. The summed E-state index contributed by atoms with van der Waals surface area (Å²) in [5.41, 5.74) is 1.87. The summed E-state index contributed by atoms with van der Waals surface area (Å²) in [7, 11) is 0. The fraction of sp³-hybridized carbons (Fsp3) is 0.286. The molecule has 0 aliphatic heterocycles. The average Bonchev–Trinajstić information content (AvgIpc) is 3.14. The zero-order valence-corrected chi connectivity index (χ0v) is 17.3. The van der Waals surface area contributed by atoms with Crippen LogP contribution in [-0.4, -0.2) is 35.4 Å². The maximum absolute atomic E-state index is 12.4. The highest BCUT2D eigenvalue weighted by atomic mass is 32.2. The van der Waals surface area contributed by atoms with Gasteiger partial charge in [0.05, 0.1) is 29.2 Å². The SMILES string of the molecule is CSCC[C@@H](NC(=O)CNC(=O)Cc1ccccc1)c1nc2ccccc2s1. The topological polar surface area (TPSA) is 71.1 Å². The molecule has 7 heteroatoms. The summed E-state index contributed by atoms with van der Waals surface area (Å²) >= 11 is 3.34. The average molecular weight is 414 g/mol. The number of nitrogens with zero attached hydrogens (tertiary/aromatic N) is 1. The molecule has 0 radical (unpaired) electrons. The van der Waals surface area contributed by atoms with Gasteiger partial charge < -0.3 is 10.6 Å². The van der Waals surface area contributed by atoms with Crippen molar-refractivity contribution in [2.75, 3.05) is 18.6 Å². The Bertz CT molecular complexity index is 895. The first-order valence-corrected chi connectivity index (χ1v) is 11.3. The van der Waals surface area contributed by atoms with Crippen molar-refractivity contribution in [3.63, 3.8) is 0 Å². The molecule has 0 aliphatic rings. The molecular weight excluding hydrogens is 390 g/mol. The van der Waals surface area contributed by atoms with Gasteiger partial charge in [-0.1, -0.05) is 42.5 Å². The van der Waals surface area contributed by atoms with Crippen molar-refractivity contribution < 1.29 is 9.59 Å². The number of hydrogen-bond acceptors (Lipinski definition) is 5. The molecule has 2 amide bonds. The van der Waals surface area contributed by atoms with Gasteiger partial charge in [0, 0.05) is 0 Å². The quantitative estimate of drug-likeness (QED) is 0.563. The van der Waals surface area contributed by atoms with Gasteiger partial charge in [-0.3, -0.25) is 9.59 Å². The van der Waals surface area contributed by atoms with Crippen molar-refractivity contribution in [1.82, 2.24) is 15.6 Å². The van der Waals surface area contributed by atoms with Crippen molar-refractivity contribution in [1.29, 1.82) is 0 Å². The van der Waals surface area contributed by atoms with Gasteiger partial charge >= 0.3 is 0 Å². The van der Waals surface area contributed by atoms with Crippen LogP contribution in [0.15, 0.2) is 54.6 Å². The molecule has 1 heterocycles. The lowest BCUT2D eigenvalue weighted by Gasteiger charge is -2.16. The Kier molecular flexibility index (Phi) is 7.45. The molecule has 0 bridgehead atoms. The van der Waals surface area contributed by atoms with Gasteiger partial charge in [0.25, 0.3) is 0 Å². The number of carbonyl (C=O) groups excluding carboxylic acids is 2. The number of thioether (sulfide) groups is 1. The Morgan fingerprint density at radius 3 is 2.57 bits per heavy atom. The Morgan fingerprint density at radius 2 is 1.82 bits per heavy atom. The highest BCUT2D eigenvalue weighted by Crippen LogP contribution is 2.28. The summed E-state index contributed by atoms with van der Waals surface area (Å²) in [4.78, 5) is 29.1. The molecule has 0 saturated heterocycles. The van der Waals surface area contributed by atoms with E-state index in [2.05, 4.69) is 15.6 Å². The van der Waals surface area contributed by atoms with E-state index in [0.717, 1.165) is 33.0 Å². The number of amides is 2. The summed E-state index contributed by atoms with van der Waals surface area (Å²) in [6, 6.07) is 17.3. The molecule has 2 aromatic carbocycles. The van der Waals surface area contributed by atoms with Crippen LogP contribution >= 0.6 is 23.1 Å². The first kappa shape index (κ1) is 20.4. The lowest BCUT2D eigenvalue weighted by Crippen LogP contribution is -2.39. The standard InChI is InChI=1S/C21H23N3O2S2/c1-27-12-11-17(21-24-16-9-5-6-10-18(16)28-21)23-20(26)14-22-19(25)13-15-7-3-2-4-8-15/h2-10,17H,11-14H2,1H3,(H,22,25)(H,23,26)/t17-/m1/s1. The van der Waals surface area contributed by atoms with Gasteiger partial charge in [-0.15, -0.1) is 11.3 Å². The second kappa shape index (κ2) is 10.2. The Labute approximate surface area is 172 Å². The van der Waals surface area contributed by atoms with E-state index in [1.165, 1.54) is 0 Å². The maximum atomic E-state index is 12.4. The molecule has 0 saturated carbocycles. The third kappa shape index (κ3) is 5.81. The van der Waals surface area contributed by atoms with Crippen molar-refractivity contribution in [3.8, 4) is 0 Å². The molecule has 1 aromatic heterocycles. The summed E-state index contributed by atoms with van der Waals surface area (Å²) in [6.45, 7) is -0.0354. The Morgan fingerprint density at radius 1 is 1.07 bits per heavy atom. The van der Waals surface area contributed by atoms with Crippen molar-refractivity contribution in [2.24, 2.45) is 0 Å². The zero-order chi connectivity index (χ0) is 19.8. The molecule has 3 rings (SSSR count). The number of thiazole rings is 1. The van der Waals surface area contributed by atoms with E-state index in [-0.39, 0.29) is 30.8 Å². The monoisotopic (exact) mass is 413 g/mol. The Hall–Kier alpha value is -2.38. The second-order valence-corrected chi connectivity index (χ2v) is 8.41. The maximum Gasteiger partial charge on any atom is 0.239 e. The number of fused-ring (bicyclic) bond motifs is 1. The molecule has 3 aromatic rings. The largest absolute Gasteiger partial charge is 0.347 e. The molecule has 0 fully saturated rings. The van der Waals surface area contributed by atoms with E-state index in [1.54, 1.807) is 23.1 Å². The van der Waals surface area contributed by atoms with Gasteiger partial charge in [-0.2, -0.15) is 11.8 Å². The van der Waals surface area contributed by atoms with Crippen LogP contribution in [0.4, 0.5) is 0 Å². The number of aromatic nitrogens is 1. The normalized spacial score (nSPS) is 11.9. The van der Waals surface area contributed by atoms with Gasteiger partial charge in [-0.25, -0.2) is 4.98 Å². The van der Waals surface area contributed by atoms with Crippen LogP contribution in [0.25, 0.3) is 10.2 Å². The molecule has 0 aliphatic carbocycles. The molecule has 0 unspecified atom stereocenters. The van der Waals surface area contributed by atoms with Crippen LogP contribution in [0.2, 0.25) is 0 Å². The van der Waals surface area contributed by atoms with E-state index in [0.29, 0.717) is 0 Å². The first-order chi connectivity index (χ1) is 13.7. The van der Waals surface area contributed by atoms with Crippen molar-refractivity contribution in [2.45, 2.75) is 18.9 Å². The summed E-state index contributed by atoms with van der Waals surface area (Å²) in [5, 5.41) is 6.63. The smallest absolute Gasteiger partial charge is 0.239 e. The molecule has 0 spiro atoms. The summed E-state index contributed by atoms with van der Waals surface area (Å²) in [5.74, 6) is 0.551. The molecule has 5 nitrogen and oxygen atoms in total. The Balaban J connectivity index is 1.57. The first-order valence-electron chi connectivity index (χ1n) is 9.10. The van der Waals surface area contributed by atoms with Crippen molar-refractivity contribution in [3.05, 3.63) is 65.2 Å². The summed E-state index contributed by atoms with van der Waals surface area (Å²) in [6.07, 6.45) is 3.10. The number of benzene rings is 2. The highest BCUT2D eigenvalue weighted by molar-refractivity contribution is 7.98. The molecule has 2 N–H and O–H groups in total. The number of carbonyl (C=O) groups is 2. The van der Waals surface area contributed by atoms with Crippen LogP contribution in [-0.2, 0) is 16.0 Å². The third-order valence-electron chi connectivity index (χ3n) is 4.21. The number of hydrogen-bond donors (Lipinski definition) is 2. The van der Waals surface area contributed by atoms with Crippen molar-refractivity contribution >= 4 is 45.1 Å². The van der Waals surface area contributed by atoms with Crippen LogP contribution < -0.4 is 10.6 Å². The lowest BCUT2D eigenvalue weighted by molar-refractivity contribution is -0.126. The van der Waals surface area contributed by atoms with Crippen LogP contribution in [0, 0.1) is 0 Å². The van der Waals surface area contributed by atoms with Gasteiger partial charge in [0.1, 0.15) is 5.01 Å². The second-order valence-electron chi connectivity index (χ2n) is 6.36. The van der Waals surface area contributed by atoms with E-state index in [4.69, 9.17) is 0 Å². The van der Waals surface area contributed by atoms with E-state index >= 15 is 0 Å². The molecule has 1 atom stereocenters. The van der Waals surface area contributed by atoms with Crippen LogP contribution in [0.3, 0.4) is 0 Å². The minimum absolute atomic E-state index is 0.0354. The van der Waals surface area contributed by atoms with Gasteiger partial charge in [0.15, 0.2) is 0 Å². The summed E-state index contributed by atoms with van der Waals surface area (Å²) < 4.78 is 1.11. The van der Waals surface area contributed by atoms with Gasteiger partial charge in [-0.05, 0) is 36.1 Å². The predicted molar refractivity (Wildman–Crippen MR) is 117 cm³/mol. The van der Waals surface area contributed by atoms with E-state index in [9.17, 15) is 9.59 Å². The number of nitrogens with one attached hydrogen (secondary N) is 2. The van der Waals surface area contributed by atoms with E-state index < -0.39 is 0 Å². The number of rotatable bonds is 9. The minimum atomic E-state index is -0.202. The van der Waals surface area contributed by atoms with Gasteiger partial charge in [0.2, 0.25) is 11.8 Å². The number of para-hydroxylation sites is 1. The highest BCUT2D eigenvalue weighted by Gasteiger charge is 2.19. The van der Waals surface area contributed by atoms with Crippen LogP contribution in [0.1, 0.15) is 23.0 Å². The lowest BCUT2D eigenvalue weighted by atomic mass is 10.1. The van der Waals surface area contributed by atoms with Crippen LogP contribution in [0.5, 0.6) is 0 Å². The minimum Gasteiger partial charge on any atom is -0.347 e. The fourth-order valence-corrected chi connectivity index (χ4v) is 4.32. The molecular formula is C21H23N3O2S2. The fourth-order valence-electron chi connectivity index (χ4n) is 2.80. The van der Waals surface area contributed by atoms with E-state index in [1.807, 2.05) is 60.9 Å². The predicted octanol–water partition coefficient (Wildman–Crippen LogP) is 3.57. The third-order valence-corrected chi connectivity index (χ3v) is 6.00.